The second kappa shape index (κ2) is 7.34. The van der Waals surface area contributed by atoms with E-state index >= 15 is 0 Å². The van der Waals surface area contributed by atoms with Crippen molar-refractivity contribution in [2.75, 3.05) is 0 Å². The molecule has 1 aromatic heterocycles. The van der Waals surface area contributed by atoms with Crippen molar-refractivity contribution in [3.63, 3.8) is 0 Å². The van der Waals surface area contributed by atoms with Crippen LogP contribution >= 0.6 is 0 Å². The Hall–Kier alpha value is -2.88. The molecule has 0 spiro atoms. The van der Waals surface area contributed by atoms with Gasteiger partial charge in [-0.2, -0.15) is 5.10 Å². The van der Waals surface area contributed by atoms with Crippen LogP contribution in [0.4, 0.5) is 0 Å². The van der Waals surface area contributed by atoms with Gasteiger partial charge in [0.25, 0.3) is 5.91 Å². The van der Waals surface area contributed by atoms with Gasteiger partial charge in [-0.3, -0.25) is 4.79 Å². The van der Waals surface area contributed by atoms with Gasteiger partial charge in [-0.25, -0.2) is 4.68 Å². The zero-order valence-electron chi connectivity index (χ0n) is 14.9. The molecule has 0 fully saturated rings. The number of para-hydroxylation sites is 1. The molecular weight excluding hydrogens is 310 g/mol. The van der Waals surface area contributed by atoms with E-state index in [1.54, 1.807) is 10.9 Å². The van der Waals surface area contributed by atoms with Crippen molar-refractivity contribution in [1.82, 2.24) is 15.1 Å². The van der Waals surface area contributed by atoms with Crippen molar-refractivity contribution in [3.8, 4) is 16.9 Å². The minimum atomic E-state index is -0.105. The third-order valence-corrected chi connectivity index (χ3v) is 4.03. The van der Waals surface area contributed by atoms with Crippen LogP contribution in [0.25, 0.3) is 16.9 Å². The highest BCUT2D eigenvalue weighted by atomic mass is 16.1. The topological polar surface area (TPSA) is 46.9 Å². The molecule has 0 aliphatic carbocycles. The van der Waals surface area contributed by atoms with Crippen molar-refractivity contribution < 1.29 is 4.79 Å². The molecule has 1 heterocycles. The average molecular weight is 333 g/mol. The van der Waals surface area contributed by atoms with Crippen LogP contribution in [0, 0.1) is 0 Å². The van der Waals surface area contributed by atoms with Crippen LogP contribution in [-0.2, 0) is 6.42 Å². The summed E-state index contributed by atoms with van der Waals surface area (Å²) in [4.78, 5) is 12.7. The summed E-state index contributed by atoms with van der Waals surface area (Å²) in [5.74, 6) is -0.105. The minimum Gasteiger partial charge on any atom is -0.350 e. The molecule has 3 rings (SSSR count). The average Bonchev–Trinajstić information content (AvgIpc) is 3.07. The Labute approximate surface area is 148 Å². The van der Waals surface area contributed by atoms with Crippen LogP contribution in [0.3, 0.4) is 0 Å². The molecule has 0 saturated carbocycles. The monoisotopic (exact) mass is 333 g/mol. The molecule has 1 amide bonds. The molecule has 0 bridgehead atoms. The van der Waals surface area contributed by atoms with Crippen molar-refractivity contribution in [3.05, 3.63) is 71.9 Å². The first kappa shape index (κ1) is 17.0. The van der Waals surface area contributed by atoms with Gasteiger partial charge in [0, 0.05) is 17.8 Å². The number of nitrogens with zero attached hydrogens (tertiary/aromatic N) is 2. The lowest BCUT2D eigenvalue weighted by Gasteiger charge is -2.08. The molecule has 0 saturated heterocycles. The normalized spacial score (nSPS) is 10.9. The molecule has 1 N–H and O–H groups in total. The fourth-order valence-electron chi connectivity index (χ4n) is 2.70. The maximum absolute atomic E-state index is 12.7. The smallest absolute Gasteiger partial charge is 0.255 e. The maximum Gasteiger partial charge on any atom is 0.255 e. The van der Waals surface area contributed by atoms with E-state index in [0.717, 1.165) is 17.7 Å². The number of aromatic nitrogens is 2. The van der Waals surface area contributed by atoms with E-state index in [4.69, 9.17) is 5.10 Å². The van der Waals surface area contributed by atoms with E-state index in [1.807, 2.05) is 56.3 Å². The van der Waals surface area contributed by atoms with E-state index < -0.39 is 0 Å². The molecule has 128 valence electrons. The Balaban J connectivity index is 2.07. The number of carbonyl (C=O) groups is 1. The van der Waals surface area contributed by atoms with Crippen LogP contribution in [0.5, 0.6) is 0 Å². The summed E-state index contributed by atoms with van der Waals surface area (Å²) >= 11 is 0. The predicted octanol–water partition coefficient (Wildman–Crippen LogP) is 4.24. The van der Waals surface area contributed by atoms with Crippen LogP contribution in [0.2, 0.25) is 0 Å². The van der Waals surface area contributed by atoms with Gasteiger partial charge in [0.1, 0.15) is 5.69 Å². The standard InChI is InChI=1S/C21H23N3O/c1-4-16-10-12-17(13-11-16)20-19(21(25)22-15(2)3)14-24(23-20)18-8-6-5-7-9-18/h5-15H,4H2,1-3H3,(H,22,25). The van der Waals surface area contributed by atoms with E-state index in [-0.39, 0.29) is 11.9 Å². The molecule has 4 nitrogen and oxygen atoms in total. The maximum atomic E-state index is 12.7. The zero-order chi connectivity index (χ0) is 17.8. The molecular formula is C21H23N3O. The van der Waals surface area contributed by atoms with Crippen molar-refractivity contribution >= 4 is 5.91 Å². The van der Waals surface area contributed by atoms with E-state index in [0.29, 0.717) is 11.3 Å². The summed E-state index contributed by atoms with van der Waals surface area (Å²) in [6.07, 6.45) is 2.79. The van der Waals surface area contributed by atoms with Gasteiger partial charge in [-0.15, -0.1) is 0 Å². The molecule has 0 unspecified atom stereocenters. The molecule has 4 heteroatoms. The van der Waals surface area contributed by atoms with Crippen LogP contribution in [0.1, 0.15) is 36.7 Å². The van der Waals surface area contributed by atoms with Gasteiger partial charge in [-0.1, -0.05) is 49.4 Å². The lowest BCUT2D eigenvalue weighted by molar-refractivity contribution is 0.0944. The Bertz CT molecular complexity index is 849. The second-order valence-electron chi connectivity index (χ2n) is 6.35. The largest absolute Gasteiger partial charge is 0.350 e. The van der Waals surface area contributed by atoms with Crippen molar-refractivity contribution in [2.24, 2.45) is 0 Å². The Morgan fingerprint density at radius 2 is 1.76 bits per heavy atom. The molecule has 0 atom stereocenters. The second-order valence-corrected chi connectivity index (χ2v) is 6.35. The van der Waals surface area contributed by atoms with Crippen molar-refractivity contribution in [1.29, 1.82) is 0 Å². The number of hydrogen-bond donors (Lipinski definition) is 1. The van der Waals surface area contributed by atoms with Crippen LogP contribution < -0.4 is 5.32 Å². The molecule has 3 aromatic rings. The Morgan fingerprint density at radius 3 is 2.36 bits per heavy atom. The summed E-state index contributed by atoms with van der Waals surface area (Å²) in [6.45, 7) is 6.03. The fourth-order valence-corrected chi connectivity index (χ4v) is 2.70. The number of amides is 1. The van der Waals surface area contributed by atoms with Crippen LogP contribution in [-0.4, -0.2) is 21.7 Å². The van der Waals surface area contributed by atoms with Gasteiger partial charge in [0.2, 0.25) is 0 Å². The SMILES string of the molecule is CCc1ccc(-c2nn(-c3ccccc3)cc2C(=O)NC(C)C)cc1. The summed E-state index contributed by atoms with van der Waals surface area (Å²) < 4.78 is 1.76. The Morgan fingerprint density at radius 1 is 1.08 bits per heavy atom. The molecule has 25 heavy (non-hydrogen) atoms. The molecule has 0 radical (unpaired) electrons. The lowest BCUT2D eigenvalue weighted by Crippen LogP contribution is -2.30. The van der Waals surface area contributed by atoms with Gasteiger partial charge in [0.05, 0.1) is 11.3 Å². The molecule has 2 aromatic carbocycles. The van der Waals surface area contributed by atoms with Gasteiger partial charge >= 0.3 is 0 Å². The first-order valence-corrected chi connectivity index (χ1v) is 8.63. The number of nitrogens with one attached hydrogen (secondary N) is 1. The highest BCUT2D eigenvalue weighted by Gasteiger charge is 2.19. The Kier molecular flexibility index (Phi) is 4.98. The number of aryl methyl sites for hydroxylation is 1. The summed E-state index contributed by atoms with van der Waals surface area (Å²) in [5.41, 5.74) is 4.42. The van der Waals surface area contributed by atoms with Crippen LogP contribution in [0.15, 0.2) is 60.8 Å². The van der Waals surface area contributed by atoms with E-state index in [1.165, 1.54) is 5.56 Å². The zero-order valence-corrected chi connectivity index (χ0v) is 14.9. The summed E-state index contributed by atoms with van der Waals surface area (Å²) in [5, 5.41) is 7.65. The number of rotatable bonds is 5. The molecule has 0 aliphatic heterocycles. The quantitative estimate of drug-likeness (QED) is 0.759. The number of carbonyl (C=O) groups excluding carboxylic acids is 1. The van der Waals surface area contributed by atoms with E-state index in [9.17, 15) is 4.79 Å². The van der Waals surface area contributed by atoms with Gasteiger partial charge in [0.15, 0.2) is 0 Å². The predicted molar refractivity (Wildman–Crippen MR) is 101 cm³/mol. The first-order chi connectivity index (χ1) is 12.1. The third-order valence-electron chi connectivity index (χ3n) is 4.03. The van der Waals surface area contributed by atoms with Gasteiger partial charge in [-0.05, 0) is 38.0 Å². The number of hydrogen-bond acceptors (Lipinski definition) is 2. The lowest BCUT2D eigenvalue weighted by atomic mass is 10.0. The molecule has 0 aliphatic rings. The van der Waals surface area contributed by atoms with Gasteiger partial charge < -0.3 is 5.32 Å². The third kappa shape index (κ3) is 3.79. The fraction of sp³-hybridized carbons (Fsp3) is 0.238. The summed E-state index contributed by atoms with van der Waals surface area (Å²) in [6, 6.07) is 18.1. The first-order valence-electron chi connectivity index (χ1n) is 8.63. The summed E-state index contributed by atoms with van der Waals surface area (Å²) in [7, 11) is 0. The van der Waals surface area contributed by atoms with E-state index in [2.05, 4.69) is 24.4 Å². The highest BCUT2D eigenvalue weighted by molar-refractivity contribution is 6.00. The highest BCUT2D eigenvalue weighted by Crippen LogP contribution is 2.24. The number of benzene rings is 2. The minimum absolute atomic E-state index is 0.0721. The van der Waals surface area contributed by atoms with Crippen molar-refractivity contribution in [2.45, 2.75) is 33.2 Å².